The number of piperidine rings is 1. The molecule has 1 atom stereocenters. The van der Waals surface area contributed by atoms with Crippen LogP contribution in [0.3, 0.4) is 0 Å². The molecule has 6 heteroatoms. The Kier molecular flexibility index (Phi) is 4.61. The van der Waals surface area contributed by atoms with Gasteiger partial charge in [0.05, 0.1) is 4.90 Å². The molecule has 0 radical (unpaired) electrons. The summed E-state index contributed by atoms with van der Waals surface area (Å²) in [5, 5.41) is 3.80. The van der Waals surface area contributed by atoms with Gasteiger partial charge in [0.15, 0.2) is 0 Å². The number of halogens is 1. The average Bonchev–Trinajstić information content (AvgIpc) is 2.38. The van der Waals surface area contributed by atoms with E-state index in [0.717, 1.165) is 25.9 Å². The summed E-state index contributed by atoms with van der Waals surface area (Å²) in [6, 6.07) is 6.20. The van der Waals surface area contributed by atoms with Crippen molar-refractivity contribution in [1.29, 1.82) is 0 Å². The molecule has 1 heterocycles. The summed E-state index contributed by atoms with van der Waals surface area (Å²) in [6.07, 6.45) is 2.17. The van der Waals surface area contributed by atoms with Crippen LogP contribution in [0.5, 0.6) is 0 Å². The Hall–Kier alpha value is -0.620. The van der Waals surface area contributed by atoms with Crippen LogP contribution in [0.25, 0.3) is 0 Å². The monoisotopic (exact) mass is 288 g/mol. The molecule has 4 nitrogen and oxygen atoms in total. The van der Waals surface area contributed by atoms with Crippen molar-refractivity contribution in [2.24, 2.45) is 5.92 Å². The van der Waals surface area contributed by atoms with Crippen LogP contribution < -0.4 is 10.0 Å². The number of hydrogen-bond donors (Lipinski definition) is 2. The zero-order chi connectivity index (χ0) is 13.0. The Morgan fingerprint density at radius 3 is 2.67 bits per heavy atom. The van der Waals surface area contributed by atoms with E-state index in [9.17, 15) is 8.42 Å². The average molecular weight is 289 g/mol. The van der Waals surface area contributed by atoms with Gasteiger partial charge in [0.2, 0.25) is 10.0 Å². The molecule has 1 saturated heterocycles. The maximum absolute atomic E-state index is 12.0. The second-order valence-electron chi connectivity index (χ2n) is 4.52. The molecule has 2 N–H and O–H groups in total. The van der Waals surface area contributed by atoms with Crippen molar-refractivity contribution in [2.45, 2.75) is 17.7 Å². The quantitative estimate of drug-likeness (QED) is 0.885. The van der Waals surface area contributed by atoms with Gasteiger partial charge < -0.3 is 5.32 Å². The standard InChI is InChI=1S/C12H17ClN2O2S/c13-11-3-5-12(6-4-11)18(16,17)15-9-10-2-1-7-14-8-10/h3-6,10,14-15H,1-2,7-9H2. The van der Waals surface area contributed by atoms with Crippen molar-refractivity contribution in [2.75, 3.05) is 19.6 Å². The molecule has 2 rings (SSSR count). The predicted octanol–water partition coefficient (Wildman–Crippen LogP) is 1.62. The fourth-order valence-corrected chi connectivity index (χ4v) is 3.27. The van der Waals surface area contributed by atoms with E-state index in [4.69, 9.17) is 11.6 Å². The van der Waals surface area contributed by atoms with Crippen molar-refractivity contribution in [3.05, 3.63) is 29.3 Å². The third-order valence-electron chi connectivity index (χ3n) is 3.08. The van der Waals surface area contributed by atoms with Gasteiger partial charge in [0.1, 0.15) is 0 Å². The van der Waals surface area contributed by atoms with Gasteiger partial charge in [-0.25, -0.2) is 13.1 Å². The number of rotatable bonds is 4. The van der Waals surface area contributed by atoms with Crippen LogP contribution in [-0.2, 0) is 10.0 Å². The molecule has 1 aromatic carbocycles. The minimum absolute atomic E-state index is 0.260. The normalized spacial score (nSPS) is 20.8. The summed E-state index contributed by atoms with van der Waals surface area (Å²) in [4.78, 5) is 0.260. The summed E-state index contributed by atoms with van der Waals surface area (Å²) in [6.45, 7) is 2.39. The van der Waals surface area contributed by atoms with Crippen molar-refractivity contribution >= 4 is 21.6 Å². The topological polar surface area (TPSA) is 58.2 Å². The lowest BCUT2D eigenvalue weighted by Gasteiger charge is -2.22. The van der Waals surface area contributed by atoms with E-state index in [1.165, 1.54) is 12.1 Å². The molecule has 1 fully saturated rings. The summed E-state index contributed by atoms with van der Waals surface area (Å²) < 4.78 is 26.7. The van der Waals surface area contributed by atoms with E-state index < -0.39 is 10.0 Å². The zero-order valence-electron chi connectivity index (χ0n) is 10.0. The Bertz CT molecular complexity index is 481. The van der Waals surface area contributed by atoms with Crippen LogP contribution in [0.4, 0.5) is 0 Å². The number of benzene rings is 1. The fourth-order valence-electron chi connectivity index (χ4n) is 2.02. The van der Waals surface area contributed by atoms with Crippen LogP contribution in [0.1, 0.15) is 12.8 Å². The van der Waals surface area contributed by atoms with Crippen LogP contribution in [0.15, 0.2) is 29.2 Å². The third kappa shape index (κ3) is 3.68. The lowest BCUT2D eigenvalue weighted by molar-refractivity contribution is 0.376. The molecule has 1 aliphatic heterocycles. The van der Waals surface area contributed by atoms with Gasteiger partial charge in [0, 0.05) is 11.6 Å². The largest absolute Gasteiger partial charge is 0.316 e. The summed E-state index contributed by atoms with van der Waals surface area (Å²) in [5.74, 6) is 0.376. The molecule has 0 aromatic heterocycles. The van der Waals surface area contributed by atoms with Crippen molar-refractivity contribution in [1.82, 2.24) is 10.0 Å². The first kappa shape index (κ1) is 13.8. The van der Waals surface area contributed by atoms with E-state index in [1.807, 2.05) is 0 Å². The Labute approximate surface area is 113 Å². The van der Waals surface area contributed by atoms with Crippen molar-refractivity contribution in [3.63, 3.8) is 0 Å². The van der Waals surface area contributed by atoms with Gasteiger partial charge in [-0.15, -0.1) is 0 Å². The molecular weight excluding hydrogens is 272 g/mol. The van der Waals surface area contributed by atoms with Crippen LogP contribution in [0.2, 0.25) is 5.02 Å². The fraction of sp³-hybridized carbons (Fsp3) is 0.500. The van der Waals surface area contributed by atoms with Gasteiger partial charge in [-0.05, 0) is 56.1 Å². The smallest absolute Gasteiger partial charge is 0.240 e. The second-order valence-corrected chi connectivity index (χ2v) is 6.72. The SMILES string of the molecule is O=S(=O)(NCC1CCCNC1)c1ccc(Cl)cc1. The van der Waals surface area contributed by atoms with E-state index >= 15 is 0 Å². The van der Waals surface area contributed by atoms with Gasteiger partial charge >= 0.3 is 0 Å². The van der Waals surface area contributed by atoms with Gasteiger partial charge in [-0.1, -0.05) is 11.6 Å². The number of nitrogens with one attached hydrogen (secondary N) is 2. The maximum Gasteiger partial charge on any atom is 0.240 e. The molecule has 100 valence electrons. The minimum Gasteiger partial charge on any atom is -0.316 e. The van der Waals surface area contributed by atoms with Crippen LogP contribution in [0, 0.1) is 5.92 Å². The van der Waals surface area contributed by atoms with E-state index in [0.29, 0.717) is 17.5 Å². The lowest BCUT2D eigenvalue weighted by atomic mass is 10.0. The highest BCUT2D eigenvalue weighted by Crippen LogP contribution is 2.15. The highest BCUT2D eigenvalue weighted by Gasteiger charge is 2.18. The molecule has 0 bridgehead atoms. The Morgan fingerprint density at radius 1 is 1.33 bits per heavy atom. The van der Waals surface area contributed by atoms with E-state index in [1.54, 1.807) is 12.1 Å². The summed E-state index contributed by atoms with van der Waals surface area (Å²) in [5.41, 5.74) is 0. The Balaban J connectivity index is 1.96. The van der Waals surface area contributed by atoms with Crippen molar-refractivity contribution < 1.29 is 8.42 Å². The van der Waals surface area contributed by atoms with E-state index in [-0.39, 0.29) is 4.90 Å². The second kappa shape index (κ2) is 6.02. The zero-order valence-corrected chi connectivity index (χ0v) is 11.6. The highest BCUT2D eigenvalue weighted by molar-refractivity contribution is 7.89. The molecule has 1 aromatic rings. The lowest BCUT2D eigenvalue weighted by Crippen LogP contribution is -2.38. The molecular formula is C12H17ClN2O2S. The van der Waals surface area contributed by atoms with Crippen molar-refractivity contribution in [3.8, 4) is 0 Å². The molecule has 1 aliphatic rings. The molecule has 1 unspecified atom stereocenters. The maximum atomic E-state index is 12.0. The summed E-state index contributed by atoms with van der Waals surface area (Å²) in [7, 11) is -3.41. The first-order valence-corrected chi connectivity index (χ1v) is 7.90. The Morgan fingerprint density at radius 2 is 2.06 bits per heavy atom. The summed E-state index contributed by atoms with van der Waals surface area (Å²) >= 11 is 5.74. The number of sulfonamides is 1. The molecule has 0 amide bonds. The first-order chi connectivity index (χ1) is 8.58. The molecule has 0 saturated carbocycles. The molecule has 18 heavy (non-hydrogen) atoms. The van der Waals surface area contributed by atoms with Gasteiger partial charge in [0.25, 0.3) is 0 Å². The molecule has 0 aliphatic carbocycles. The highest BCUT2D eigenvalue weighted by atomic mass is 35.5. The number of hydrogen-bond acceptors (Lipinski definition) is 3. The third-order valence-corrected chi connectivity index (χ3v) is 4.78. The first-order valence-electron chi connectivity index (χ1n) is 6.04. The van der Waals surface area contributed by atoms with Gasteiger partial charge in [-0.2, -0.15) is 0 Å². The van der Waals surface area contributed by atoms with Crippen LogP contribution in [-0.4, -0.2) is 28.1 Å². The molecule has 0 spiro atoms. The van der Waals surface area contributed by atoms with E-state index in [2.05, 4.69) is 10.0 Å². The predicted molar refractivity (Wildman–Crippen MR) is 72.2 cm³/mol. The van der Waals surface area contributed by atoms with Gasteiger partial charge in [-0.3, -0.25) is 0 Å². The minimum atomic E-state index is -3.41. The van der Waals surface area contributed by atoms with Crippen LogP contribution >= 0.6 is 11.6 Å².